The van der Waals surface area contributed by atoms with Crippen molar-refractivity contribution in [3.05, 3.63) is 70.0 Å². The average molecular weight is 511 g/mol. The van der Waals surface area contributed by atoms with Crippen LogP contribution in [0.3, 0.4) is 0 Å². The van der Waals surface area contributed by atoms with Crippen LogP contribution in [-0.4, -0.2) is 33.2 Å². The number of aliphatic carboxylic acids is 1. The number of hydrogen-bond acceptors (Lipinski definition) is 5. The Morgan fingerprint density at radius 3 is 2.25 bits per heavy atom. The molecule has 7 nitrogen and oxygen atoms in total. The molecule has 0 saturated carbocycles. The number of nitrogens with zero attached hydrogens (tertiary/aromatic N) is 3. The van der Waals surface area contributed by atoms with Crippen LogP contribution in [0.1, 0.15) is 39.5 Å². The van der Waals surface area contributed by atoms with Crippen LogP contribution < -0.4 is 0 Å². The molecular formula is C23H15F6N3O4. The van der Waals surface area contributed by atoms with Gasteiger partial charge in [0.25, 0.3) is 0 Å². The summed E-state index contributed by atoms with van der Waals surface area (Å²) in [4.78, 5) is 27.9. The molecule has 3 rings (SSSR count). The molecule has 2 aromatic heterocycles. The predicted octanol–water partition coefficient (Wildman–Crippen LogP) is 5.29. The number of alkyl halides is 6. The fraction of sp³-hybridized carbons (Fsp3) is 0.217. The van der Waals surface area contributed by atoms with Gasteiger partial charge < -0.3 is 14.4 Å². The molecule has 0 fully saturated rings. The molecule has 0 amide bonds. The third kappa shape index (κ3) is 5.48. The highest BCUT2D eigenvalue weighted by Gasteiger charge is 2.37. The summed E-state index contributed by atoms with van der Waals surface area (Å²) in [6.07, 6.45) is -6.84. The Kier molecular flexibility index (Phi) is 7.10. The van der Waals surface area contributed by atoms with E-state index in [1.807, 2.05) is 0 Å². The number of hydrogen-bond donors (Lipinski definition) is 1. The Hall–Kier alpha value is -4.34. The molecule has 0 aliphatic carbocycles. The molecule has 0 saturated heterocycles. The molecule has 0 atom stereocenters. The lowest BCUT2D eigenvalue weighted by Crippen LogP contribution is -2.13. The lowest BCUT2D eigenvalue weighted by atomic mass is 10.0. The molecule has 188 valence electrons. The van der Waals surface area contributed by atoms with Crippen molar-refractivity contribution in [3.63, 3.8) is 0 Å². The Morgan fingerprint density at radius 1 is 1.14 bits per heavy atom. The SMILES string of the molecule is CCOC(=O)c1ccnc2c1c(/C=C(\C#N)C(=O)O)cn2Cc1cc(C(F)(F)F)cc(C(F)(F)F)c1. The van der Waals surface area contributed by atoms with E-state index in [2.05, 4.69) is 4.98 Å². The minimum absolute atomic E-state index is 0.00536. The van der Waals surface area contributed by atoms with Crippen molar-refractivity contribution in [1.29, 1.82) is 5.26 Å². The molecule has 0 bridgehead atoms. The second-order valence-corrected chi connectivity index (χ2v) is 7.38. The number of nitriles is 1. The molecule has 13 heteroatoms. The zero-order valence-corrected chi connectivity index (χ0v) is 18.2. The van der Waals surface area contributed by atoms with E-state index in [1.54, 1.807) is 0 Å². The zero-order chi connectivity index (χ0) is 26.8. The fourth-order valence-corrected chi connectivity index (χ4v) is 3.46. The predicted molar refractivity (Wildman–Crippen MR) is 112 cm³/mol. The quantitative estimate of drug-likeness (QED) is 0.209. The van der Waals surface area contributed by atoms with E-state index in [-0.39, 0.29) is 40.4 Å². The van der Waals surface area contributed by atoms with Crippen LogP contribution >= 0.6 is 0 Å². The number of halogens is 6. The summed E-state index contributed by atoms with van der Waals surface area (Å²) in [5.41, 5.74) is -4.31. The number of rotatable bonds is 6. The van der Waals surface area contributed by atoms with Crippen LogP contribution in [0.15, 0.2) is 42.2 Å². The van der Waals surface area contributed by atoms with Crippen LogP contribution in [0.2, 0.25) is 0 Å². The van der Waals surface area contributed by atoms with Crippen LogP contribution in [0.4, 0.5) is 26.3 Å². The van der Waals surface area contributed by atoms with Gasteiger partial charge in [-0.25, -0.2) is 14.6 Å². The number of carboxylic acid groups (broad SMARTS) is 1. The zero-order valence-electron chi connectivity index (χ0n) is 18.2. The third-order valence-corrected chi connectivity index (χ3v) is 4.93. The highest BCUT2D eigenvalue weighted by atomic mass is 19.4. The molecular weight excluding hydrogens is 496 g/mol. The Balaban J connectivity index is 2.27. The summed E-state index contributed by atoms with van der Waals surface area (Å²) < 4.78 is 85.8. The van der Waals surface area contributed by atoms with Crippen LogP contribution in [0.25, 0.3) is 17.1 Å². The first-order chi connectivity index (χ1) is 16.8. The van der Waals surface area contributed by atoms with Gasteiger partial charge in [-0.05, 0) is 42.8 Å². The number of esters is 1. The second kappa shape index (κ2) is 9.73. The van der Waals surface area contributed by atoms with Crippen molar-refractivity contribution in [2.75, 3.05) is 6.61 Å². The van der Waals surface area contributed by atoms with Crippen molar-refractivity contribution < 1.29 is 45.8 Å². The summed E-state index contributed by atoms with van der Waals surface area (Å²) >= 11 is 0. The van der Waals surface area contributed by atoms with Gasteiger partial charge in [0, 0.05) is 29.9 Å². The summed E-state index contributed by atoms with van der Waals surface area (Å²) in [7, 11) is 0. The first kappa shape index (κ1) is 26.3. The summed E-state index contributed by atoms with van der Waals surface area (Å²) in [6, 6.07) is 3.80. The molecule has 1 N–H and O–H groups in total. The van der Waals surface area contributed by atoms with Gasteiger partial charge in [0.15, 0.2) is 0 Å². The molecule has 1 aromatic carbocycles. The van der Waals surface area contributed by atoms with E-state index >= 15 is 0 Å². The maximum atomic E-state index is 13.3. The Bertz CT molecular complexity index is 1380. The van der Waals surface area contributed by atoms with E-state index in [4.69, 9.17) is 10.00 Å². The van der Waals surface area contributed by atoms with Crippen LogP contribution in [-0.2, 0) is 28.4 Å². The number of carbonyl (C=O) groups is 2. The number of fused-ring (bicyclic) bond motifs is 1. The number of ether oxygens (including phenoxy) is 1. The van der Waals surface area contributed by atoms with Gasteiger partial charge in [0.05, 0.1) is 23.3 Å². The average Bonchev–Trinajstić information content (AvgIpc) is 3.13. The maximum absolute atomic E-state index is 13.3. The topological polar surface area (TPSA) is 105 Å². The molecule has 0 aliphatic heterocycles. The Labute approximate surface area is 198 Å². The number of aromatic nitrogens is 2. The summed E-state index contributed by atoms with van der Waals surface area (Å²) in [6.45, 7) is 0.968. The van der Waals surface area contributed by atoms with E-state index in [1.165, 1.54) is 31.5 Å². The molecule has 0 radical (unpaired) electrons. The molecule has 0 aliphatic rings. The minimum atomic E-state index is -5.05. The van der Waals surface area contributed by atoms with Gasteiger partial charge in [-0.3, -0.25) is 0 Å². The second-order valence-electron chi connectivity index (χ2n) is 7.38. The minimum Gasteiger partial charge on any atom is -0.477 e. The van der Waals surface area contributed by atoms with Crippen LogP contribution in [0, 0.1) is 11.3 Å². The molecule has 0 spiro atoms. The number of carboxylic acids is 1. The lowest BCUT2D eigenvalue weighted by molar-refractivity contribution is -0.143. The normalized spacial score (nSPS) is 12.4. The third-order valence-electron chi connectivity index (χ3n) is 4.93. The first-order valence-corrected chi connectivity index (χ1v) is 10.0. The van der Waals surface area contributed by atoms with Crippen molar-refractivity contribution in [2.24, 2.45) is 0 Å². The van der Waals surface area contributed by atoms with Gasteiger partial charge >= 0.3 is 24.3 Å². The first-order valence-electron chi connectivity index (χ1n) is 10.0. The molecule has 0 unspecified atom stereocenters. The number of carbonyl (C=O) groups excluding carboxylic acids is 1. The van der Waals surface area contributed by atoms with Gasteiger partial charge in [-0.2, -0.15) is 31.6 Å². The standard InChI is InChI=1S/C23H15F6N3O4/c1-2-36-21(35)17-3-4-31-19-18(17)14(7-13(9-30)20(33)34)11-32(19)10-12-5-15(22(24,25)26)8-16(6-12)23(27,28)29/h3-8,11H,2,10H2,1H3,(H,33,34)/b13-7+. The van der Waals surface area contributed by atoms with Gasteiger partial charge in [0.1, 0.15) is 17.3 Å². The Morgan fingerprint density at radius 2 is 1.75 bits per heavy atom. The monoisotopic (exact) mass is 511 g/mol. The molecule has 3 aromatic rings. The smallest absolute Gasteiger partial charge is 0.416 e. The maximum Gasteiger partial charge on any atom is 0.416 e. The van der Waals surface area contributed by atoms with E-state index in [9.17, 15) is 41.0 Å². The summed E-state index contributed by atoms with van der Waals surface area (Å²) in [5, 5.41) is 18.3. The van der Waals surface area contributed by atoms with E-state index in [0.29, 0.717) is 12.1 Å². The largest absolute Gasteiger partial charge is 0.477 e. The highest BCUT2D eigenvalue weighted by molar-refractivity contribution is 6.08. The van der Waals surface area contributed by atoms with Crippen molar-refractivity contribution in [3.8, 4) is 6.07 Å². The molecule has 36 heavy (non-hydrogen) atoms. The van der Waals surface area contributed by atoms with Gasteiger partial charge in [-0.15, -0.1) is 0 Å². The van der Waals surface area contributed by atoms with Crippen LogP contribution in [0.5, 0.6) is 0 Å². The number of benzene rings is 1. The summed E-state index contributed by atoms with van der Waals surface area (Å²) in [5.74, 6) is -2.42. The van der Waals surface area contributed by atoms with Crippen molar-refractivity contribution >= 4 is 29.0 Å². The number of pyridine rings is 1. The fourth-order valence-electron chi connectivity index (χ4n) is 3.46. The highest BCUT2D eigenvalue weighted by Crippen LogP contribution is 2.37. The lowest BCUT2D eigenvalue weighted by Gasteiger charge is -2.15. The van der Waals surface area contributed by atoms with Crippen molar-refractivity contribution in [2.45, 2.75) is 25.8 Å². The van der Waals surface area contributed by atoms with E-state index in [0.717, 1.165) is 10.6 Å². The van der Waals surface area contributed by atoms with Crippen molar-refractivity contribution in [1.82, 2.24) is 9.55 Å². The van der Waals surface area contributed by atoms with Gasteiger partial charge in [0.2, 0.25) is 0 Å². The molecule has 2 heterocycles. The van der Waals surface area contributed by atoms with E-state index < -0.39 is 47.5 Å². The van der Waals surface area contributed by atoms with Gasteiger partial charge in [-0.1, -0.05) is 0 Å².